The van der Waals surface area contributed by atoms with Crippen molar-refractivity contribution in [1.29, 1.82) is 0 Å². The number of hydrogen-bond donors (Lipinski definition) is 1. The molecule has 1 saturated heterocycles. The van der Waals surface area contributed by atoms with E-state index in [0.717, 1.165) is 48.2 Å². The topological polar surface area (TPSA) is 75.4 Å². The van der Waals surface area contributed by atoms with Crippen LogP contribution < -0.4 is 10.6 Å². The Hall–Kier alpha value is -2.12. The summed E-state index contributed by atoms with van der Waals surface area (Å²) in [5.74, 6) is 1.10. The second-order valence-corrected chi connectivity index (χ2v) is 8.42. The van der Waals surface area contributed by atoms with Gasteiger partial charge in [0, 0.05) is 42.5 Å². The van der Waals surface area contributed by atoms with Crippen LogP contribution in [0.4, 0.5) is 5.82 Å². The van der Waals surface area contributed by atoms with Gasteiger partial charge in [0.15, 0.2) is 0 Å². The number of carbonyl (C=O) groups is 1. The molecule has 0 bridgehead atoms. The standard InChI is InChI=1S/C24H28ClN5O.2ClH/c25-20-9-7-18(8-10-20)16-19(4-3-11-26)24(31)30-14-12-29(13-15-30)23-21-5-1-2-6-22(21)27-17-28-23;;/h1-2,5-10,17,19H,3-4,11-16,26H2;2*1H. The molecule has 1 fully saturated rings. The van der Waals surface area contributed by atoms with Crippen molar-refractivity contribution in [3.05, 3.63) is 65.4 Å². The molecule has 0 aliphatic carbocycles. The lowest BCUT2D eigenvalue weighted by Crippen LogP contribution is -2.51. The second-order valence-electron chi connectivity index (χ2n) is 7.99. The van der Waals surface area contributed by atoms with Crippen molar-refractivity contribution in [3.63, 3.8) is 0 Å². The highest BCUT2D eigenvalue weighted by molar-refractivity contribution is 6.30. The maximum Gasteiger partial charge on any atom is 0.226 e. The van der Waals surface area contributed by atoms with Crippen molar-refractivity contribution >= 4 is 59.0 Å². The molecule has 0 saturated carbocycles. The molecule has 4 rings (SSSR count). The Morgan fingerprint density at radius 2 is 1.70 bits per heavy atom. The summed E-state index contributed by atoms with van der Waals surface area (Å²) >= 11 is 6.01. The van der Waals surface area contributed by atoms with E-state index in [1.807, 2.05) is 47.4 Å². The number of aromatic nitrogens is 2. The predicted octanol–water partition coefficient (Wildman–Crippen LogP) is 4.37. The zero-order valence-corrected chi connectivity index (χ0v) is 20.8. The molecule has 2 N–H and O–H groups in total. The lowest BCUT2D eigenvalue weighted by Gasteiger charge is -2.37. The van der Waals surface area contributed by atoms with Crippen LogP contribution in [0.2, 0.25) is 5.02 Å². The minimum atomic E-state index is -0.0591. The van der Waals surface area contributed by atoms with Gasteiger partial charge in [0.05, 0.1) is 5.52 Å². The normalized spacial score (nSPS) is 14.4. The lowest BCUT2D eigenvalue weighted by atomic mass is 9.93. The van der Waals surface area contributed by atoms with Gasteiger partial charge in [-0.3, -0.25) is 4.79 Å². The number of nitrogens with two attached hydrogens (primary N) is 1. The molecule has 3 aromatic rings. The number of nitrogens with zero attached hydrogens (tertiary/aromatic N) is 4. The van der Waals surface area contributed by atoms with E-state index in [1.54, 1.807) is 6.33 Å². The molecule has 2 aromatic carbocycles. The van der Waals surface area contributed by atoms with Gasteiger partial charge in [0.25, 0.3) is 0 Å². The number of carbonyl (C=O) groups excluding carboxylic acids is 1. The van der Waals surface area contributed by atoms with E-state index in [-0.39, 0.29) is 36.6 Å². The van der Waals surface area contributed by atoms with Crippen molar-refractivity contribution in [1.82, 2.24) is 14.9 Å². The van der Waals surface area contributed by atoms with Gasteiger partial charge in [-0.15, -0.1) is 24.8 Å². The number of piperazine rings is 1. The first-order valence-electron chi connectivity index (χ1n) is 10.8. The van der Waals surface area contributed by atoms with Crippen LogP contribution in [0.1, 0.15) is 18.4 Å². The fraction of sp³-hybridized carbons (Fsp3) is 0.375. The van der Waals surface area contributed by atoms with Crippen LogP contribution in [0, 0.1) is 5.92 Å². The molecule has 1 atom stereocenters. The Morgan fingerprint density at radius 3 is 2.39 bits per heavy atom. The molecule has 33 heavy (non-hydrogen) atoms. The van der Waals surface area contributed by atoms with Crippen LogP contribution in [0.25, 0.3) is 10.9 Å². The molecular formula is C24H30Cl3N5O. The Balaban J connectivity index is 0.00000193. The van der Waals surface area contributed by atoms with E-state index >= 15 is 0 Å². The number of para-hydroxylation sites is 1. The highest BCUT2D eigenvalue weighted by Gasteiger charge is 2.28. The molecule has 2 heterocycles. The molecule has 9 heteroatoms. The molecule has 6 nitrogen and oxygen atoms in total. The van der Waals surface area contributed by atoms with Gasteiger partial charge in [-0.05, 0) is 55.6 Å². The minimum Gasteiger partial charge on any atom is -0.352 e. The van der Waals surface area contributed by atoms with E-state index in [2.05, 4.69) is 20.9 Å². The number of amides is 1. The number of benzene rings is 2. The maximum atomic E-state index is 13.3. The smallest absolute Gasteiger partial charge is 0.226 e. The first kappa shape index (κ1) is 27.1. The summed E-state index contributed by atoms with van der Waals surface area (Å²) < 4.78 is 0. The van der Waals surface area contributed by atoms with Gasteiger partial charge in [0.2, 0.25) is 5.91 Å². The monoisotopic (exact) mass is 509 g/mol. The number of rotatable bonds is 7. The van der Waals surface area contributed by atoms with Crippen LogP contribution in [-0.4, -0.2) is 53.5 Å². The van der Waals surface area contributed by atoms with Gasteiger partial charge in [0.1, 0.15) is 12.1 Å². The van der Waals surface area contributed by atoms with Crippen LogP contribution in [0.5, 0.6) is 0 Å². The van der Waals surface area contributed by atoms with Crippen molar-refractivity contribution in [2.24, 2.45) is 11.7 Å². The van der Waals surface area contributed by atoms with Crippen molar-refractivity contribution in [2.75, 3.05) is 37.6 Å². The quantitative estimate of drug-likeness (QED) is 0.511. The molecule has 1 aromatic heterocycles. The van der Waals surface area contributed by atoms with Crippen LogP contribution >= 0.6 is 36.4 Å². The van der Waals surface area contributed by atoms with Gasteiger partial charge in [-0.1, -0.05) is 35.9 Å². The molecule has 1 aliphatic rings. The fourth-order valence-corrected chi connectivity index (χ4v) is 4.35. The van der Waals surface area contributed by atoms with Crippen molar-refractivity contribution < 1.29 is 4.79 Å². The maximum absolute atomic E-state index is 13.3. The van der Waals surface area contributed by atoms with E-state index in [0.29, 0.717) is 31.1 Å². The molecule has 178 valence electrons. The number of fused-ring (bicyclic) bond motifs is 1. The van der Waals surface area contributed by atoms with Crippen molar-refractivity contribution in [2.45, 2.75) is 19.3 Å². The number of hydrogen-bond acceptors (Lipinski definition) is 5. The van der Waals surface area contributed by atoms with E-state index in [9.17, 15) is 4.79 Å². The summed E-state index contributed by atoms with van der Waals surface area (Å²) in [6, 6.07) is 15.8. The summed E-state index contributed by atoms with van der Waals surface area (Å²) in [4.78, 5) is 26.5. The van der Waals surface area contributed by atoms with Gasteiger partial charge in [-0.2, -0.15) is 0 Å². The summed E-state index contributed by atoms with van der Waals surface area (Å²) in [5, 5.41) is 1.76. The fourth-order valence-electron chi connectivity index (χ4n) is 4.22. The van der Waals surface area contributed by atoms with E-state index in [1.165, 1.54) is 0 Å². The second kappa shape index (κ2) is 12.9. The largest absolute Gasteiger partial charge is 0.352 e. The molecule has 0 spiro atoms. The highest BCUT2D eigenvalue weighted by atomic mass is 35.5. The van der Waals surface area contributed by atoms with Gasteiger partial charge in [-0.25, -0.2) is 9.97 Å². The zero-order valence-electron chi connectivity index (χ0n) is 18.4. The Labute approximate surface area is 212 Å². The van der Waals surface area contributed by atoms with E-state index < -0.39 is 0 Å². The summed E-state index contributed by atoms with van der Waals surface area (Å²) in [5.41, 5.74) is 7.81. The first-order chi connectivity index (χ1) is 15.2. The SMILES string of the molecule is Cl.Cl.NCCCC(Cc1ccc(Cl)cc1)C(=O)N1CCN(c2ncnc3ccccc23)CC1. The first-order valence-corrected chi connectivity index (χ1v) is 11.2. The predicted molar refractivity (Wildman–Crippen MR) is 140 cm³/mol. The van der Waals surface area contributed by atoms with Gasteiger partial charge >= 0.3 is 0 Å². The number of halogens is 3. The third-order valence-corrected chi connectivity index (χ3v) is 6.17. The average Bonchev–Trinajstić information content (AvgIpc) is 2.82. The Kier molecular flexibility index (Phi) is 10.6. The third-order valence-electron chi connectivity index (χ3n) is 5.91. The molecule has 1 amide bonds. The Morgan fingerprint density at radius 1 is 1.00 bits per heavy atom. The number of anilines is 1. The summed E-state index contributed by atoms with van der Waals surface area (Å²) in [6.07, 6.45) is 3.97. The average molecular weight is 511 g/mol. The summed E-state index contributed by atoms with van der Waals surface area (Å²) in [6.45, 7) is 3.50. The molecule has 1 unspecified atom stereocenters. The third kappa shape index (κ3) is 6.70. The van der Waals surface area contributed by atoms with E-state index in [4.69, 9.17) is 17.3 Å². The lowest BCUT2D eigenvalue weighted by molar-refractivity contribution is -0.136. The minimum absolute atomic E-state index is 0. The highest BCUT2D eigenvalue weighted by Crippen LogP contribution is 2.25. The van der Waals surface area contributed by atoms with Crippen LogP contribution in [0.15, 0.2) is 54.9 Å². The van der Waals surface area contributed by atoms with Crippen molar-refractivity contribution in [3.8, 4) is 0 Å². The van der Waals surface area contributed by atoms with Crippen LogP contribution in [-0.2, 0) is 11.2 Å². The molecule has 1 aliphatic heterocycles. The van der Waals surface area contributed by atoms with Gasteiger partial charge < -0.3 is 15.5 Å². The Bertz CT molecular complexity index is 1020. The molecular weight excluding hydrogens is 481 g/mol. The molecule has 0 radical (unpaired) electrons. The van der Waals surface area contributed by atoms with Crippen LogP contribution in [0.3, 0.4) is 0 Å². The zero-order chi connectivity index (χ0) is 21.6. The summed E-state index contributed by atoms with van der Waals surface area (Å²) in [7, 11) is 0.